The van der Waals surface area contributed by atoms with Crippen molar-refractivity contribution in [2.75, 3.05) is 0 Å². The van der Waals surface area contributed by atoms with Crippen LogP contribution in [0.4, 0.5) is 0 Å². The molecule has 0 atom stereocenters. The number of nitrogens with zero attached hydrogens (tertiary/aromatic N) is 4. The Kier molecular flexibility index (Phi) is 7.48. The first kappa shape index (κ1) is 33.1. The van der Waals surface area contributed by atoms with Gasteiger partial charge in [0.05, 0.1) is 11.0 Å². The Balaban J connectivity index is 1.00. The van der Waals surface area contributed by atoms with E-state index in [0.29, 0.717) is 0 Å². The van der Waals surface area contributed by atoms with Crippen molar-refractivity contribution in [3.05, 3.63) is 205 Å². The van der Waals surface area contributed by atoms with Gasteiger partial charge in [0.2, 0.25) is 0 Å². The summed E-state index contributed by atoms with van der Waals surface area (Å²) in [5.41, 5.74) is 16.7. The van der Waals surface area contributed by atoms with Crippen LogP contribution < -0.4 is 0 Å². The maximum absolute atomic E-state index is 4.70. The van der Waals surface area contributed by atoms with Crippen molar-refractivity contribution in [2.24, 2.45) is 0 Å². The number of para-hydroxylation sites is 1. The highest BCUT2D eigenvalue weighted by Gasteiger charge is 2.35. The minimum absolute atomic E-state index is 0.0414. The molecule has 2 aromatic heterocycles. The van der Waals surface area contributed by atoms with Gasteiger partial charge in [-0.25, -0.2) is 0 Å². The van der Waals surface area contributed by atoms with E-state index in [4.69, 9.17) is 10.2 Å². The van der Waals surface area contributed by atoms with E-state index in [9.17, 15) is 0 Å². The smallest absolute Gasteiger partial charge is 0.168 e. The second-order valence-electron chi connectivity index (χ2n) is 15.5. The van der Waals surface area contributed by atoms with Gasteiger partial charge in [-0.1, -0.05) is 159 Å². The maximum atomic E-state index is 4.70. The summed E-state index contributed by atoms with van der Waals surface area (Å²) in [6.45, 7) is 4.69. The number of hydrogen-bond acceptors (Lipinski definition) is 2. The van der Waals surface area contributed by atoms with Crippen LogP contribution in [0.5, 0.6) is 0 Å². The molecule has 0 fully saturated rings. The van der Waals surface area contributed by atoms with E-state index in [1.807, 2.05) is 36.4 Å². The highest BCUT2D eigenvalue weighted by molar-refractivity contribution is 6.10. The molecule has 0 aliphatic heterocycles. The average Bonchev–Trinajstić information content (AvgIpc) is 3.93. The summed E-state index contributed by atoms with van der Waals surface area (Å²) in [6.07, 6.45) is 0. The van der Waals surface area contributed by atoms with Gasteiger partial charge in [0.25, 0.3) is 0 Å². The van der Waals surface area contributed by atoms with Crippen LogP contribution in [-0.2, 0) is 5.41 Å². The standard InChI is InChI=1S/C53H38N4/c1-53(2)47-22-11-9-20-43(47)44-30-24-39(33-48(44)53)37-18-13-19-38(32-37)40-25-31-46-45-21-10-12-23-49(45)56(50(46)34-40)41-26-28-42(29-27-41)57-51(35-14-5-3-6-15-35)54-55-52(57)36-16-7-4-8-17-36/h3-34H,1-2H3. The molecule has 0 radical (unpaired) electrons. The van der Waals surface area contributed by atoms with Crippen LogP contribution in [-0.4, -0.2) is 19.3 Å². The lowest BCUT2D eigenvalue weighted by molar-refractivity contribution is 0.660. The predicted octanol–water partition coefficient (Wildman–Crippen LogP) is 13.3. The zero-order chi connectivity index (χ0) is 38.1. The molecule has 270 valence electrons. The lowest BCUT2D eigenvalue weighted by Crippen LogP contribution is -2.14. The molecule has 1 aliphatic carbocycles. The van der Waals surface area contributed by atoms with Crippen LogP contribution in [0.15, 0.2) is 194 Å². The Morgan fingerprint density at radius 3 is 1.56 bits per heavy atom. The van der Waals surface area contributed by atoms with Crippen molar-refractivity contribution in [3.8, 4) is 67.5 Å². The molecule has 8 aromatic carbocycles. The summed E-state index contributed by atoms with van der Waals surface area (Å²) in [5.74, 6) is 1.61. The van der Waals surface area contributed by atoms with Crippen LogP contribution in [0.2, 0.25) is 0 Å². The Morgan fingerprint density at radius 2 is 0.860 bits per heavy atom. The van der Waals surface area contributed by atoms with E-state index in [1.165, 1.54) is 66.3 Å². The number of benzene rings is 8. The summed E-state index contributed by atoms with van der Waals surface area (Å²) >= 11 is 0. The molecule has 0 bridgehead atoms. The average molecular weight is 731 g/mol. The summed E-state index contributed by atoms with van der Waals surface area (Å²) in [5, 5.41) is 11.9. The summed E-state index contributed by atoms with van der Waals surface area (Å²) in [6, 6.07) is 69.8. The third-order valence-corrected chi connectivity index (χ3v) is 11.9. The molecule has 0 unspecified atom stereocenters. The molecule has 4 heteroatoms. The van der Waals surface area contributed by atoms with Crippen molar-refractivity contribution < 1.29 is 0 Å². The molecular weight excluding hydrogens is 693 g/mol. The van der Waals surface area contributed by atoms with E-state index >= 15 is 0 Å². The summed E-state index contributed by atoms with van der Waals surface area (Å²) < 4.78 is 4.55. The molecule has 10 aromatic rings. The van der Waals surface area contributed by atoms with Crippen molar-refractivity contribution >= 4 is 21.8 Å². The quantitative estimate of drug-likeness (QED) is 0.171. The van der Waals surface area contributed by atoms with E-state index in [-0.39, 0.29) is 5.41 Å². The lowest BCUT2D eigenvalue weighted by atomic mass is 9.81. The SMILES string of the molecule is CC1(C)c2ccccc2-c2ccc(-c3cccc(-c4ccc5c6ccccc6n(-c6ccc(-n7c(-c8ccccc8)nnc7-c7ccccc7)cc6)c5c4)c3)cc21. The van der Waals surface area contributed by atoms with Crippen molar-refractivity contribution in [3.63, 3.8) is 0 Å². The largest absolute Gasteiger partial charge is 0.309 e. The van der Waals surface area contributed by atoms with Crippen LogP contribution >= 0.6 is 0 Å². The Bertz CT molecular complexity index is 3080. The minimum atomic E-state index is -0.0414. The molecule has 0 amide bonds. The highest BCUT2D eigenvalue weighted by atomic mass is 15.3. The molecule has 0 spiro atoms. The van der Waals surface area contributed by atoms with E-state index in [2.05, 4.69) is 181 Å². The Labute approximate surface area is 332 Å². The van der Waals surface area contributed by atoms with Gasteiger partial charge in [-0.15, -0.1) is 10.2 Å². The van der Waals surface area contributed by atoms with Crippen LogP contribution in [0.25, 0.3) is 89.3 Å². The normalized spacial score (nSPS) is 12.9. The topological polar surface area (TPSA) is 35.6 Å². The monoisotopic (exact) mass is 730 g/mol. The van der Waals surface area contributed by atoms with Gasteiger partial charge >= 0.3 is 0 Å². The number of hydrogen-bond donors (Lipinski definition) is 0. The van der Waals surface area contributed by atoms with E-state index in [0.717, 1.165) is 34.2 Å². The van der Waals surface area contributed by atoms with Gasteiger partial charge in [0, 0.05) is 38.7 Å². The van der Waals surface area contributed by atoms with Crippen molar-refractivity contribution in [1.82, 2.24) is 19.3 Å². The maximum Gasteiger partial charge on any atom is 0.168 e. The first-order valence-electron chi connectivity index (χ1n) is 19.6. The molecule has 2 heterocycles. The molecule has 4 nitrogen and oxygen atoms in total. The molecule has 0 saturated carbocycles. The second-order valence-corrected chi connectivity index (χ2v) is 15.5. The first-order chi connectivity index (χ1) is 28.0. The Morgan fingerprint density at radius 1 is 0.351 bits per heavy atom. The van der Waals surface area contributed by atoms with Gasteiger partial charge in [-0.05, 0) is 93.0 Å². The highest BCUT2D eigenvalue weighted by Crippen LogP contribution is 2.49. The fourth-order valence-electron chi connectivity index (χ4n) is 9.02. The molecule has 1 aliphatic rings. The lowest BCUT2D eigenvalue weighted by Gasteiger charge is -2.22. The summed E-state index contributed by atoms with van der Waals surface area (Å²) in [7, 11) is 0. The van der Waals surface area contributed by atoms with Gasteiger partial charge in [0.1, 0.15) is 0 Å². The number of rotatable bonds is 6. The van der Waals surface area contributed by atoms with Gasteiger partial charge in [-0.3, -0.25) is 4.57 Å². The van der Waals surface area contributed by atoms with Gasteiger partial charge in [0.15, 0.2) is 11.6 Å². The van der Waals surface area contributed by atoms with Crippen molar-refractivity contribution in [1.29, 1.82) is 0 Å². The van der Waals surface area contributed by atoms with Gasteiger partial charge < -0.3 is 4.57 Å². The van der Waals surface area contributed by atoms with Crippen LogP contribution in [0.3, 0.4) is 0 Å². The van der Waals surface area contributed by atoms with Crippen molar-refractivity contribution in [2.45, 2.75) is 19.3 Å². The molecule has 57 heavy (non-hydrogen) atoms. The molecule has 0 N–H and O–H groups in total. The second kappa shape index (κ2) is 12.9. The first-order valence-corrected chi connectivity index (χ1v) is 19.6. The third kappa shape index (κ3) is 5.29. The third-order valence-electron chi connectivity index (χ3n) is 11.9. The van der Waals surface area contributed by atoms with Crippen LogP contribution in [0, 0.1) is 0 Å². The van der Waals surface area contributed by atoms with Gasteiger partial charge in [-0.2, -0.15) is 0 Å². The predicted molar refractivity (Wildman–Crippen MR) is 235 cm³/mol. The van der Waals surface area contributed by atoms with Crippen LogP contribution in [0.1, 0.15) is 25.0 Å². The summed E-state index contributed by atoms with van der Waals surface area (Å²) in [4.78, 5) is 0. The fraction of sp³-hybridized carbons (Fsp3) is 0.0566. The minimum Gasteiger partial charge on any atom is -0.309 e. The van der Waals surface area contributed by atoms with E-state index in [1.54, 1.807) is 0 Å². The Hall–Kier alpha value is -7.30. The molecule has 11 rings (SSSR count). The zero-order valence-corrected chi connectivity index (χ0v) is 31.8. The molecule has 0 saturated heterocycles. The molecular formula is C53H38N4. The zero-order valence-electron chi connectivity index (χ0n) is 31.8. The van der Waals surface area contributed by atoms with E-state index < -0.39 is 0 Å². The number of aromatic nitrogens is 4. The number of fused-ring (bicyclic) bond motifs is 6. The fourth-order valence-corrected chi connectivity index (χ4v) is 9.02.